The summed E-state index contributed by atoms with van der Waals surface area (Å²) in [5, 5.41) is 6.60. The minimum atomic E-state index is -4.45. The number of nitrogens with zero attached hydrogens (tertiary/aromatic N) is 1. The quantitative estimate of drug-likeness (QED) is 0.609. The maximum Gasteiger partial charge on any atom is 0.405 e. The van der Waals surface area contributed by atoms with Crippen LogP contribution in [0.5, 0.6) is 0 Å². The monoisotopic (exact) mass is 210 g/mol. The first-order valence-electron chi connectivity index (χ1n) is 3.38. The van der Waals surface area contributed by atoms with E-state index >= 15 is 0 Å². The van der Waals surface area contributed by atoms with Crippen molar-refractivity contribution in [3.05, 3.63) is 20.8 Å². The van der Waals surface area contributed by atoms with Gasteiger partial charge in [0, 0.05) is 0 Å². The Labute approximate surface area is 74.2 Å². The number of aromatic amines is 2. The van der Waals surface area contributed by atoms with Crippen LogP contribution in [0.2, 0.25) is 0 Å². The first kappa shape index (κ1) is 10.3. The van der Waals surface area contributed by atoms with Gasteiger partial charge in [-0.05, 0) is 0 Å². The van der Waals surface area contributed by atoms with E-state index in [0.717, 1.165) is 0 Å². The molecule has 0 fully saturated rings. The molecular weight excluding hydrogens is 205 g/mol. The van der Waals surface area contributed by atoms with Gasteiger partial charge in [-0.2, -0.15) is 13.2 Å². The largest absolute Gasteiger partial charge is 0.405 e. The number of H-pyrrole nitrogens is 2. The molecule has 1 aromatic rings. The lowest BCUT2D eigenvalue weighted by atomic mass is 10.6. The number of nitrogens with one attached hydrogen (secondary N) is 3. The van der Waals surface area contributed by atoms with Crippen LogP contribution >= 0.6 is 0 Å². The van der Waals surface area contributed by atoms with Gasteiger partial charge in [0.2, 0.25) is 5.82 Å². The van der Waals surface area contributed by atoms with Gasteiger partial charge in [-0.1, -0.05) is 0 Å². The zero-order valence-corrected chi connectivity index (χ0v) is 6.60. The third-order valence-electron chi connectivity index (χ3n) is 1.17. The molecule has 0 aliphatic heterocycles. The van der Waals surface area contributed by atoms with E-state index in [1.54, 1.807) is 15.4 Å². The van der Waals surface area contributed by atoms with Gasteiger partial charge in [0.05, 0.1) is 0 Å². The number of alkyl halides is 3. The van der Waals surface area contributed by atoms with E-state index in [1.807, 2.05) is 0 Å². The predicted octanol–water partition coefficient (Wildman–Crippen LogP) is -0.568. The molecule has 1 aromatic heterocycles. The molecule has 0 aliphatic rings. The van der Waals surface area contributed by atoms with Crippen molar-refractivity contribution in [2.75, 3.05) is 11.9 Å². The number of anilines is 1. The van der Waals surface area contributed by atoms with E-state index in [1.165, 1.54) is 0 Å². The molecule has 0 spiro atoms. The second-order valence-corrected chi connectivity index (χ2v) is 2.32. The van der Waals surface area contributed by atoms with E-state index in [-0.39, 0.29) is 0 Å². The van der Waals surface area contributed by atoms with E-state index < -0.39 is 29.8 Å². The van der Waals surface area contributed by atoms with Crippen LogP contribution in [0.4, 0.5) is 19.0 Å². The minimum absolute atomic E-state index is 0.582. The molecule has 0 amide bonds. The number of hydrogen-bond donors (Lipinski definition) is 3. The smallest absolute Gasteiger partial charge is 0.355 e. The molecule has 0 aromatic carbocycles. The van der Waals surface area contributed by atoms with Gasteiger partial charge in [0.15, 0.2) is 0 Å². The van der Waals surface area contributed by atoms with Crippen LogP contribution < -0.4 is 16.6 Å². The van der Waals surface area contributed by atoms with Crippen LogP contribution in [0.3, 0.4) is 0 Å². The third kappa shape index (κ3) is 2.92. The van der Waals surface area contributed by atoms with Crippen LogP contribution in [0.15, 0.2) is 9.59 Å². The summed E-state index contributed by atoms with van der Waals surface area (Å²) >= 11 is 0. The van der Waals surface area contributed by atoms with Crippen molar-refractivity contribution in [2.24, 2.45) is 0 Å². The number of aromatic nitrogens is 3. The number of halogens is 3. The zero-order chi connectivity index (χ0) is 10.8. The maximum atomic E-state index is 11.7. The van der Waals surface area contributed by atoms with Crippen molar-refractivity contribution >= 4 is 5.82 Å². The highest BCUT2D eigenvalue weighted by Crippen LogP contribution is 2.13. The van der Waals surface area contributed by atoms with Crippen LogP contribution in [0, 0.1) is 0 Å². The zero-order valence-electron chi connectivity index (χ0n) is 6.60. The summed E-state index contributed by atoms with van der Waals surface area (Å²) in [5.41, 5.74) is -1.88. The van der Waals surface area contributed by atoms with Gasteiger partial charge in [-0.25, -0.2) is 9.89 Å². The van der Waals surface area contributed by atoms with E-state index in [9.17, 15) is 22.8 Å². The van der Waals surface area contributed by atoms with Crippen LogP contribution in [0.1, 0.15) is 0 Å². The normalized spacial score (nSPS) is 11.4. The Bertz CT molecular complexity index is 420. The molecule has 1 rings (SSSR count). The molecule has 0 unspecified atom stereocenters. The third-order valence-corrected chi connectivity index (χ3v) is 1.17. The molecule has 0 radical (unpaired) electrons. The molecule has 3 N–H and O–H groups in total. The fourth-order valence-electron chi connectivity index (χ4n) is 0.651. The van der Waals surface area contributed by atoms with Gasteiger partial charge in [0.1, 0.15) is 6.54 Å². The number of rotatable bonds is 2. The summed E-state index contributed by atoms with van der Waals surface area (Å²) in [4.78, 5) is 22.9. The summed E-state index contributed by atoms with van der Waals surface area (Å²) in [5.74, 6) is -0.582. The highest BCUT2D eigenvalue weighted by atomic mass is 19.4. The Hall–Kier alpha value is -1.80. The molecule has 0 saturated carbocycles. The minimum Gasteiger partial charge on any atom is -0.355 e. The molecule has 14 heavy (non-hydrogen) atoms. The maximum absolute atomic E-state index is 11.7. The van der Waals surface area contributed by atoms with Gasteiger partial charge in [-0.3, -0.25) is 9.78 Å². The Balaban J connectivity index is 2.79. The van der Waals surface area contributed by atoms with Gasteiger partial charge in [0.25, 0.3) is 5.56 Å². The Kier molecular flexibility index (Phi) is 2.58. The average Bonchev–Trinajstić information content (AvgIpc) is 2.00. The summed E-state index contributed by atoms with van der Waals surface area (Å²) in [7, 11) is 0. The second kappa shape index (κ2) is 3.52. The molecule has 0 aliphatic carbocycles. The molecule has 6 nitrogen and oxygen atoms in total. The van der Waals surface area contributed by atoms with Crippen molar-refractivity contribution < 1.29 is 13.2 Å². The SMILES string of the molecule is O=c1[nH]nc(NCC(F)(F)F)c(=O)[nH]1. The number of hydrogen-bond acceptors (Lipinski definition) is 4. The van der Waals surface area contributed by atoms with Crippen molar-refractivity contribution in [1.29, 1.82) is 0 Å². The molecule has 0 saturated heterocycles. The molecule has 0 bridgehead atoms. The lowest BCUT2D eigenvalue weighted by Gasteiger charge is -2.06. The lowest BCUT2D eigenvalue weighted by Crippen LogP contribution is -2.30. The van der Waals surface area contributed by atoms with Crippen molar-refractivity contribution in [1.82, 2.24) is 15.2 Å². The summed E-state index contributed by atoms with van der Waals surface area (Å²) in [6.07, 6.45) is -4.45. The summed E-state index contributed by atoms with van der Waals surface area (Å²) in [6, 6.07) is 0. The van der Waals surface area contributed by atoms with Crippen LogP contribution in [-0.2, 0) is 0 Å². The first-order chi connectivity index (χ1) is 6.38. The molecule has 9 heteroatoms. The van der Waals surface area contributed by atoms with E-state index in [0.29, 0.717) is 0 Å². The van der Waals surface area contributed by atoms with Crippen LogP contribution in [0.25, 0.3) is 0 Å². The molecule has 1 heterocycles. The molecular formula is C5H5F3N4O2. The first-order valence-corrected chi connectivity index (χ1v) is 3.38. The fourth-order valence-corrected chi connectivity index (χ4v) is 0.651. The van der Waals surface area contributed by atoms with Gasteiger partial charge < -0.3 is 5.32 Å². The highest BCUT2D eigenvalue weighted by molar-refractivity contribution is 5.28. The average molecular weight is 210 g/mol. The summed E-state index contributed by atoms with van der Waals surface area (Å²) < 4.78 is 35.0. The standard InChI is InChI=1S/C5H5F3N4O2/c6-5(7,8)1-9-2-3(13)10-4(14)12-11-2/h1H2,(H,9,11)(H2,10,12,13,14). The van der Waals surface area contributed by atoms with Gasteiger partial charge >= 0.3 is 11.9 Å². The fraction of sp³-hybridized carbons (Fsp3) is 0.400. The van der Waals surface area contributed by atoms with Crippen molar-refractivity contribution in [2.45, 2.75) is 6.18 Å². The highest BCUT2D eigenvalue weighted by Gasteiger charge is 2.27. The van der Waals surface area contributed by atoms with E-state index in [4.69, 9.17) is 0 Å². The van der Waals surface area contributed by atoms with Crippen molar-refractivity contribution in [3.8, 4) is 0 Å². The predicted molar refractivity (Wildman–Crippen MR) is 40.0 cm³/mol. The van der Waals surface area contributed by atoms with Crippen molar-refractivity contribution in [3.63, 3.8) is 0 Å². The Morgan fingerprint density at radius 3 is 2.50 bits per heavy atom. The van der Waals surface area contributed by atoms with E-state index in [2.05, 4.69) is 5.10 Å². The molecule has 0 atom stereocenters. The molecule has 78 valence electrons. The summed E-state index contributed by atoms with van der Waals surface area (Å²) in [6.45, 7) is -1.39. The topological polar surface area (TPSA) is 90.6 Å². The lowest BCUT2D eigenvalue weighted by molar-refractivity contribution is -0.115. The van der Waals surface area contributed by atoms with Crippen LogP contribution in [-0.4, -0.2) is 27.9 Å². The second-order valence-electron chi connectivity index (χ2n) is 2.32. The Morgan fingerprint density at radius 2 is 2.00 bits per heavy atom. The Morgan fingerprint density at radius 1 is 1.36 bits per heavy atom. The van der Waals surface area contributed by atoms with Gasteiger partial charge in [-0.15, -0.1) is 5.10 Å².